The van der Waals surface area contributed by atoms with Crippen molar-refractivity contribution < 1.29 is 19.4 Å². The van der Waals surface area contributed by atoms with Crippen molar-refractivity contribution in [1.29, 1.82) is 0 Å². The average Bonchev–Trinajstić information content (AvgIpc) is 2.37. The highest BCUT2D eigenvalue weighted by atomic mass is 35.5. The summed E-state index contributed by atoms with van der Waals surface area (Å²) in [7, 11) is 0. The third-order valence-corrected chi connectivity index (χ3v) is 3.17. The summed E-state index contributed by atoms with van der Waals surface area (Å²) in [5, 5.41) is 12.1. The Labute approximate surface area is 129 Å². The maximum atomic E-state index is 11.8. The van der Waals surface area contributed by atoms with Gasteiger partial charge in [0, 0.05) is 11.1 Å². The van der Waals surface area contributed by atoms with Crippen LogP contribution in [0.2, 0.25) is 5.02 Å². The monoisotopic (exact) mass is 313 g/mol. The maximum absolute atomic E-state index is 11.8. The lowest BCUT2D eigenvalue weighted by atomic mass is 10.0. The molecule has 0 heterocycles. The summed E-state index contributed by atoms with van der Waals surface area (Å²) in [6.07, 6.45) is 0.0773. The zero-order valence-electron chi connectivity index (χ0n) is 12.1. The molecule has 0 spiro atoms. The Balaban J connectivity index is 2.37. The van der Waals surface area contributed by atoms with Gasteiger partial charge in [-0.05, 0) is 24.1 Å². The molecule has 1 aromatic carbocycles. The van der Waals surface area contributed by atoms with Gasteiger partial charge in [0.25, 0.3) is 0 Å². The summed E-state index contributed by atoms with van der Waals surface area (Å²) >= 11 is 5.82. The zero-order valence-corrected chi connectivity index (χ0v) is 12.9. The van der Waals surface area contributed by atoms with Crippen molar-refractivity contribution in [3.63, 3.8) is 0 Å². The third kappa shape index (κ3) is 6.99. The highest BCUT2D eigenvalue weighted by Gasteiger charge is 2.19. The molecular formula is C15H20ClNO4. The number of carbonyl (C=O) groups is 2. The molecule has 1 amide bonds. The number of nitrogens with one attached hydrogen (secondary N) is 1. The van der Waals surface area contributed by atoms with Gasteiger partial charge in [-0.3, -0.25) is 9.59 Å². The molecule has 0 bridgehead atoms. The van der Waals surface area contributed by atoms with Crippen molar-refractivity contribution in [3.8, 4) is 5.75 Å². The topological polar surface area (TPSA) is 75.6 Å². The van der Waals surface area contributed by atoms with Gasteiger partial charge in [-0.2, -0.15) is 0 Å². The van der Waals surface area contributed by atoms with Gasteiger partial charge < -0.3 is 15.2 Å². The Hall–Kier alpha value is -1.75. The number of carboxylic acids is 1. The molecule has 0 aliphatic heterocycles. The van der Waals surface area contributed by atoms with Gasteiger partial charge in [0.15, 0.2) is 0 Å². The van der Waals surface area contributed by atoms with Crippen LogP contribution in [0.5, 0.6) is 5.75 Å². The maximum Gasteiger partial charge on any atom is 0.305 e. The summed E-state index contributed by atoms with van der Waals surface area (Å²) in [5.41, 5.74) is 0. The second kappa shape index (κ2) is 8.52. The molecule has 1 atom stereocenters. The number of ether oxygens (including phenoxy) is 1. The molecule has 0 saturated heterocycles. The van der Waals surface area contributed by atoms with Crippen molar-refractivity contribution in [1.82, 2.24) is 5.32 Å². The molecule has 1 unspecified atom stereocenters. The number of hydrogen-bond donors (Lipinski definition) is 2. The summed E-state index contributed by atoms with van der Waals surface area (Å²) in [5.74, 6) is -0.499. The molecular weight excluding hydrogens is 294 g/mol. The number of rotatable bonds is 8. The lowest BCUT2D eigenvalue weighted by Crippen LogP contribution is -2.40. The van der Waals surface area contributed by atoms with Gasteiger partial charge >= 0.3 is 5.97 Å². The van der Waals surface area contributed by atoms with Crippen LogP contribution < -0.4 is 10.1 Å². The van der Waals surface area contributed by atoms with Crippen molar-refractivity contribution in [2.24, 2.45) is 5.92 Å². The molecule has 21 heavy (non-hydrogen) atoms. The van der Waals surface area contributed by atoms with Gasteiger partial charge in [-0.25, -0.2) is 0 Å². The van der Waals surface area contributed by atoms with Gasteiger partial charge in [0.2, 0.25) is 5.91 Å². The molecule has 1 rings (SSSR count). The third-order valence-electron chi connectivity index (χ3n) is 2.94. The fraction of sp³-hybridized carbons (Fsp3) is 0.467. The number of hydrogen-bond acceptors (Lipinski definition) is 3. The largest absolute Gasteiger partial charge is 0.493 e. The zero-order chi connectivity index (χ0) is 15.8. The number of halogens is 1. The van der Waals surface area contributed by atoms with Crippen molar-refractivity contribution in [2.75, 3.05) is 6.61 Å². The number of amides is 1. The van der Waals surface area contributed by atoms with Crippen LogP contribution in [0.25, 0.3) is 0 Å². The smallest absolute Gasteiger partial charge is 0.305 e. The van der Waals surface area contributed by atoms with E-state index in [0.29, 0.717) is 10.8 Å². The quantitative estimate of drug-likeness (QED) is 0.773. The van der Waals surface area contributed by atoms with E-state index < -0.39 is 5.97 Å². The fourth-order valence-corrected chi connectivity index (χ4v) is 1.92. The summed E-state index contributed by atoms with van der Waals surface area (Å²) in [6, 6.07) is 6.55. The van der Waals surface area contributed by atoms with E-state index >= 15 is 0 Å². The van der Waals surface area contributed by atoms with Gasteiger partial charge in [-0.1, -0.05) is 31.5 Å². The van der Waals surface area contributed by atoms with Crippen molar-refractivity contribution in [2.45, 2.75) is 32.7 Å². The van der Waals surface area contributed by atoms with E-state index in [1.807, 2.05) is 13.8 Å². The summed E-state index contributed by atoms with van der Waals surface area (Å²) < 4.78 is 5.42. The van der Waals surface area contributed by atoms with Crippen LogP contribution in [0.3, 0.4) is 0 Å². The standard InChI is InChI=1S/C15H20ClNO4/c1-10(2)13(9-15(19)20)17-14(18)6-7-21-12-5-3-4-11(16)8-12/h3-5,8,10,13H,6-7,9H2,1-2H3,(H,17,18)(H,19,20). The van der Waals surface area contributed by atoms with Crippen LogP contribution >= 0.6 is 11.6 Å². The first kappa shape index (κ1) is 17.3. The predicted molar refractivity (Wildman–Crippen MR) is 80.6 cm³/mol. The lowest BCUT2D eigenvalue weighted by Gasteiger charge is -2.20. The number of benzene rings is 1. The number of aliphatic carboxylic acids is 1. The van der Waals surface area contributed by atoms with Crippen LogP contribution in [-0.4, -0.2) is 29.6 Å². The number of carbonyl (C=O) groups excluding carboxylic acids is 1. The van der Waals surface area contributed by atoms with E-state index in [4.69, 9.17) is 21.4 Å². The first-order valence-electron chi connectivity index (χ1n) is 6.78. The molecule has 116 valence electrons. The fourth-order valence-electron chi connectivity index (χ4n) is 1.74. The highest BCUT2D eigenvalue weighted by Crippen LogP contribution is 2.17. The van der Waals surface area contributed by atoms with E-state index in [2.05, 4.69) is 5.32 Å². The van der Waals surface area contributed by atoms with Crippen LogP contribution in [-0.2, 0) is 9.59 Å². The minimum Gasteiger partial charge on any atom is -0.493 e. The van der Waals surface area contributed by atoms with Crippen LogP contribution in [0.1, 0.15) is 26.7 Å². The van der Waals surface area contributed by atoms with Crippen molar-refractivity contribution in [3.05, 3.63) is 29.3 Å². The SMILES string of the molecule is CC(C)C(CC(=O)O)NC(=O)CCOc1cccc(Cl)c1. The Bertz CT molecular complexity index is 490. The van der Waals surface area contributed by atoms with E-state index in [9.17, 15) is 9.59 Å². The second-order valence-electron chi connectivity index (χ2n) is 5.07. The van der Waals surface area contributed by atoms with E-state index in [1.54, 1.807) is 24.3 Å². The minimum absolute atomic E-state index is 0.0545. The molecule has 0 saturated carbocycles. The predicted octanol–water partition coefficient (Wildman–Crippen LogP) is 2.72. The molecule has 1 aromatic rings. The first-order chi connectivity index (χ1) is 9.88. The van der Waals surface area contributed by atoms with E-state index in [1.165, 1.54) is 0 Å². The second-order valence-corrected chi connectivity index (χ2v) is 5.51. The molecule has 6 heteroatoms. The molecule has 0 aromatic heterocycles. The molecule has 0 aliphatic rings. The Morgan fingerprint density at radius 1 is 1.38 bits per heavy atom. The van der Waals surface area contributed by atoms with E-state index in [-0.39, 0.29) is 37.3 Å². The molecule has 5 nitrogen and oxygen atoms in total. The van der Waals surface area contributed by atoms with Crippen LogP contribution in [0.15, 0.2) is 24.3 Å². The average molecular weight is 314 g/mol. The lowest BCUT2D eigenvalue weighted by molar-refractivity contribution is -0.138. The van der Waals surface area contributed by atoms with Crippen LogP contribution in [0.4, 0.5) is 0 Å². The van der Waals surface area contributed by atoms with Crippen LogP contribution in [0, 0.1) is 5.92 Å². The van der Waals surface area contributed by atoms with Gasteiger partial charge in [-0.15, -0.1) is 0 Å². The first-order valence-corrected chi connectivity index (χ1v) is 7.16. The Kier molecular flexibility index (Phi) is 7.02. The Morgan fingerprint density at radius 3 is 2.67 bits per heavy atom. The van der Waals surface area contributed by atoms with E-state index in [0.717, 1.165) is 0 Å². The molecule has 0 radical (unpaired) electrons. The summed E-state index contributed by atoms with van der Waals surface area (Å²) in [4.78, 5) is 22.5. The molecule has 0 fully saturated rings. The van der Waals surface area contributed by atoms with Gasteiger partial charge in [0.05, 0.1) is 19.4 Å². The number of carboxylic acid groups (broad SMARTS) is 1. The highest BCUT2D eigenvalue weighted by molar-refractivity contribution is 6.30. The Morgan fingerprint density at radius 2 is 2.10 bits per heavy atom. The molecule has 2 N–H and O–H groups in total. The minimum atomic E-state index is -0.927. The summed E-state index contributed by atoms with van der Waals surface area (Å²) in [6.45, 7) is 3.96. The molecule has 0 aliphatic carbocycles. The van der Waals surface area contributed by atoms with Crippen molar-refractivity contribution >= 4 is 23.5 Å². The van der Waals surface area contributed by atoms with Gasteiger partial charge in [0.1, 0.15) is 5.75 Å². The normalized spacial score (nSPS) is 12.0.